The minimum Gasteiger partial charge on any atom is -0.324 e. The van der Waals surface area contributed by atoms with Crippen LogP contribution in [0.3, 0.4) is 0 Å². The molecule has 2 aliphatic rings. The predicted octanol–water partition coefficient (Wildman–Crippen LogP) is 1.91. The Labute approximate surface area is 96.7 Å². The second kappa shape index (κ2) is 4.04. The first kappa shape index (κ1) is 10.1. The lowest BCUT2D eigenvalue weighted by molar-refractivity contribution is 0.252. The third kappa shape index (κ3) is 1.91. The summed E-state index contributed by atoms with van der Waals surface area (Å²) in [5, 5.41) is 0. The number of hydrogen-bond donors (Lipinski definition) is 1. The van der Waals surface area contributed by atoms with E-state index >= 15 is 0 Å². The molecule has 2 N–H and O–H groups in total. The van der Waals surface area contributed by atoms with Gasteiger partial charge in [-0.25, -0.2) is 0 Å². The average Bonchev–Trinajstić information content (AvgIpc) is 2.84. The van der Waals surface area contributed by atoms with Gasteiger partial charge in [-0.1, -0.05) is 36.4 Å². The van der Waals surface area contributed by atoms with Crippen molar-refractivity contribution in [2.75, 3.05) is 6.54 Å². The Bertz CT molecular complexity index is 386. The highest BCUT2D eigenvalue weighted by molar-refractivity contribution is 5.30. The second-order valence-corrected chi connectivity index (χ2v) is 4.98. The summed E-state index contributed by atoms with van der Waals surface area (Å²) in [7, 11) is 0. The number of nitrogens with two attached hydrogens (primary N) is 1. The van der Waals surface area contributed by atoms with Crippen LogP contribution in [0.25, 0.3) is 0 Å². The van der Waals surface area contributed by atoms with Gasteiger partial charge in [0.15, 0.2) is 0 Å². The van der Waals surface area contributed by atoms with Crippen molar-refractivity contribution < 1.29 is 0 Å². The van der Waals surface area contributed by atoms with E-state index in [0.29, 0.717) is 5.92 Å². The fourth-order valence-electron chi connectivity index (χ4n) is 2.81. The molecule has 0 aromatic heterocycles. The molecule has 0 fully saturated rings. The van der Waals surface area contributed by atoms with E-state index in [-0.39, 0.29) is 6.04 Å². The van der Waals surface area contributed by atoms with Gasteiger partial charge in [-0.2, -0.15) is 0 Å². The Morgan fingerprint density at radius 3 is 2.38 bits per heavy atom. The third-order valence-electron chi connectivity index (χ3n) is 3.60. The number of rotatable bonds is 2. The van der Waals surface area contributed by atoms with Gasteiger partial charge < -0.3 is 5.73 Å². The van der Waals surface area contributed by atoms with Crippen LogP contribution in [0, 0.1) is 5.92 Å². The Morgan fingerprint density at radius 1 is 1.12 bits per heavy atom. The molecule has 1 aliphatic heterocycles. The molecule has 0 spiro atoms. The van der Waals surface area contributed by atoms with Crippen LogP contribution in [0.4, 0.5) is 0 Å². The maximum atomic E-state index is 5.88. The van der Waals surface area contributed by atoms with Gasteiger partial charge in [0.25, 0.3) is 0 Å². The molecule has 2 nitrogen and oxygen atoms in total. The van der Waals surface area contributed by atoms with Gasteiger partial charge in [-0.15, -0.1) is 0 Å². The van der Waals surface area contributed by atoms with Crippen molar-refractivity contribution in [2.45, 2.75) is 25.6 Å². The van der Waals surface area contributed by atoms with E-state index in [0.717, 1.165) is 26.1 Å². The van der Waals surface area contributed by atoms with Gasteiger partial charge >= 0.3 is 0 Å². The third-order valence-corrected chi connectivity index (χ3v) is 3.60. The van der Waals surface area contributed by atoms with Crippen LogP contribution in [0.5, 0.6) is 0 Å². The van der Waals surface area contributed by atoms with Crippen molar-refractivity contribution >= 4 is 0 Å². The highest BCUT2D eigenvalue weighted by Gasteiger charge is 2.23. The molecule has 0 saturated heterocycles. The molecule has 0 bridgehead atoms. The van der Waals surface area contributed by atoms with Crippen LogP contribution >= 0.6 is 0 Å². The molecule has 2 heteroatoms. The molecule has 16 heavy (non-hydrogen) atoms. The first-order chi connectivity index (χ1) is 7.81. The van der Waals surface area contributed by atoms with Crippen LogP contribution in [0.1, 0.15) is 17.5 Å². The van der Waals surface area contributed by atoms with Crippen LogP contribution in [0.15, 0.2) is 36.4 Å². The fourth-order valence-corrected chi connectivity index (χ4v) is 2.81. The molecule has 2 unspecified atom stereocenters. The summed E-state index contributed by atoms with van der Waals surface area (Å²) in [6, 6.07) is 9.04. The second-order valence-electron chi connectivity index (χ2n) is 4.98. The van der Waals surface area contributed by atoms with Crippen molar-refractivity contribution in [2.24, 2.45) is 11.7 Å². The lowest BCUT2D eigenvalue weighted by Crippen LogP contribution is -2.25. The van der Waals surface area contributed by atoms with Crippen molar-refractivity contribution in [1.29, 1.82) is 0 Å². The normalized spacial score (nSPS) is 28.6. The number of fused-ring (bicyclic) bond motifs is 1. The summed E-state index contributed by atoms with van der Waals surface area (Å²) in [6.45, 7) is 3.37. The monoisotopic (exact) mass is 214 g/mol. The van der Waals surface area contributed by atoms with Gasteiger partial charge in [-0.3, -0.25) is 4.90 Å². The lowest BCUT2D eigenvalue weighted by atomic mass is 10.1. The SMILES string of the molecule is NC1C=CC(CN2Cc3ccccc3C2)C1. The van der Waals surface area contributed by atoms with Crippen LogP contribution < -0.4 is 5.73 Å². The summed E-state index contributed by atoms with van der Waals surface area (Å²) in [5.41, 5.74) is 8.87. The fraction of sp³-hybridized carbons (Fsp3) is 0.429. The van der Waals surface area contributed by atoms with Gasteiger partial charge in [0, 0.05) is 25.7 Å². The van der Waals surface area contributed by atoms with Gasteiger partial charge in [0.1, 0.15) is 0 Å². The van der Waals surface area contributed by atoms with Gasteiger partial charge in [-0.05, 0) is 23.5 Å². The van der Waals surface area contributed by atoms with E-state index in [2.05, 4.69) is 41.3 Å². The van der Waals surface area contributed by atoms with E-state index in [9.17, 15) is 0 Å². The maximum Gasteiger partial charge on any atom is 0.0240 e. The predicted molar refractivity (Wildman–Crippen MR) is 65.8 cm³/mol. The van der Waals surface area contributed by atoms with E-state index in [1.165, 1.54) is 11.1 Å². The van der Waals surface area contributed by atoms with Crippen molar-refractivity contribution in [3.8, 4) is 0 Å². The molecule has 0 saturated carbocycles. The molecule has 1 heterocycles. The summed E-state index contributed by atoms with van der Waals surface area (Å²) >= 11 is 0. The van der Waals surface area contributed by atoms with E-state index in [4.69, 9.17) is 5.73 Å². The zero-order valence-corrected chi connectivity index (χ0v) is 9.47. The van der Waals surface area contributed by atoms with Crippen molar-refractivity contribution in [3.63, 3.8) is 0 Å². The highest BCUT2D eigenvalue weighted by Crippen LogP contribution is 2.25. The minimum atomic E-state index is 0.287. The summed E-state index contributed by atoms with van der Waals surface area (Å²) in [6.07, 6.45) is 5.55. The van der Waals surface area contributed by atoms with E-state index < -0.39 is 0 Å². The Hall–Kier alpha value is -1.12. The first-order valence-electron chi connectivity index (χ1n) is 6.04. The van der Waals surface area contributed by atoms with Gasteiger partial charge in [0.2, 0.25) is 0 Å². The summed E-state index contributed by atoms with van der Waals surface area (Å²) < 4.78 is 0. The van der Waals surface area contributed by atoms with Crippen LogP contribution in [0.2, 0.25) is 0 Å². The molecular formula is C14H18N2. The Balaban J connectivity index is 1.62. The Morgan fingerprint density at radius 2 is 1.81 bits per heavy atom. The minimum absolute atomic E-state index is 0.287. The Kier molecular flexibility index (Phi) is 2.54. The maximum absolute atomic E-state index is 5.88. The zero-order chi connectivity index (χ0) is 11.0. The summed E-state index contributed by atoms with van der Waals surface area (Å²) in [4.78, 5) is 2.53. The molecule has 1 aliphatic carbocycles. The molecule has 0 amide bonds. The molecule has 84 valence electrons. The molecule has 3 rings (SSSR count). The number of hydrogen-bond acceptors (Lipinski definition) is 2. The quantitative estimate of drug-likeness (QED) is 0.762. The zero-order valence-electron chi connectivity index (χ0n) is 9.47. The topological polar surface area (TPSA) is 29.3 Å². The van der Waals surface area contributed by atoms with E-state index in [1.807, 2.05) is 0 Å². The van der Waals surface area contributed by atoms with Crippen molar-refractivity contribution in [1.82, 2.24) is 4.90 Å². The largest absolute Gasteiger partial charge is 0.324 e. The molecule has 1 aromatic carbocycles. The van der Waals surface area contributed by atoms with E-state index in [1.54, 1.807) is 0 Å². The van der Waals surface area contributed by atoms with Crippen molar-refractivity contribution in [3.05, 3.63) is 47.5 Å². The average molecular weight is 214 g/mol. The summed E-state index contributed by atoms with van der Waals surface area (Å²) in [5.74, 6) is 0.657. The van der Waals surface area contributed by atoms with Crippen LogP contribution in [-0.4, -0.2) is 17.5 Å². The standard InChI is InChI=1S/C14H18N2/c15-14-6-5-11(7-14)8-16-9-12-3-1-2-4-13(12)10-16/h1-6,11,14H,7-10,15H2. The number of nitrogens with zero attached hydrogens (tertiary/aromatic N) is 1. The first-order valence-corrected chi connectivity index (χ1v) is 6.04. The molecule has 1 aromatic rings. The lowest BCUT2D eigenvalue weighted by Gasteiger charge is -2.19. The molecular weight excluding hydrogens is 196 g/mol. The smallest absolute Gasteiger partial charge is 0.0240 e. The molecule has 2 atom stereocenters. The molecule has 0 radical (unpaired) electrons. The van der Waals surface area contributed by atoms with Gasteiger partial charge in [0.05, 0.1) is 0 Å². The number of benzene rings is 1. The van der Waals surface area contributed by atoms with Crippen LogP contribution in [-0.2, 0) is 13.1 Å². The highest BCUT2D eigenvalue weighted by atomic mass is 15.1.